The van der Waals surface area contributed by atoms with Crippen molar-refractivity contribution in [3.05, 3.63) is 16.7 Å². The van der Waals surface area contributed by atoms with Crippen LogP contribution in [0.15, 0.2) is 15.9 Å². The van der Waals surface area contributed by atoms with E-state index in [4.69, 9.17) is 0 Å². The molecule has 0 aromatic carbocycles. The molecule has 15 heavy (non-hydrogen) atoms. The molecule has 7 heteroatoms. The molecule has 0 amide bonds. The second-order valence-electron chi connectivity index (χ2n) is 3.46. The summed E-state index contributed by atoms with van der Waals surface area (Å²) >= 11 is 0. The van der Waals surface area contributed by atoms with Gasteiger partial charge in [0.2, 0.25) is 0 Å². The Bertz CT molecular complexity index is 547. The average molecular weight is 229 g/mol. The lowest BCUT2D eigenvalue weighted by Gasteiger charge is -2.21. The van der Waals surface area contributed by atoms with Crippen LogP contribution in [0.2, 0.25) is 0 Å². The molecule has 0 spiro atoms. The van der Waals surface area contributed by atoms with Gasteiger partial charge in [-0.05, 0) is 6.42 Å². The summed E-state index contributed by atoms with van der Waals surface area (Å²) in [6.07, 6.45) is 3.01. The van der Waals surface area contributed by atoms with Gasteiger partial charge in [-0.1, -0.05) is 0 Å². The van der Waals surface area contributed by atoms with Crippen LogP contribution in [-0.4, -0.2) is 30.8 Å². The molecule has 2 heterocycles. The number of sulfone groups is 1. The maximum absolute atomic E-state index is 11.4. The highest BCUT2D eigenvalue weighted by Crippen LogP contribution is 2.20. The van der Waals surface area contributed by atoms with Gasteiger partial charge in [0.25, 0.3) is 0 Å². The van der Waals surface area contributed by atoms with Crippen LogP contribution >= 0.6 is 0 Å². The van der Waals surface area contributed by atoms with Crippen molar-refractivity contribution in [1.29, 1.82) is 0 Å². The number of nitrogens with one attached hydrogen (secondary N) is 1. The molecule has 1 aliphatic heterocycles. The van der Waals surface area contributed by atoms with Crippen molar-refractivity contribution < 1.29 is 8.42 Å². The second kappa shape index (κ2) is 3.34. The number of anilines is 1. The Labute approximate surface area is 86.9 Å². The van der Waals surface area contributed by atoms with E-state index >= 15 is 0 Å². The Kier molecular flexibility index (Phi) is 2.26. The van der Waals surface area contributed by atoms with Gasteiger partial charge in [-0.2, -0.15) is 0 Å². The van der Waals surface area contributed by atoms with E-state index in [0.29, 0.717) is 18.9 Å². The van der Waals surface area contributed by atoms with Crippen LogP contribution in [0.25, 0.3) is 0 Å². The Morgan fingerprint density at radius 1 is 1.53 bits per heavy atom. The van der Waals surface area contributed by atoms with Crippen molar-refractivity contribution in [2.45, 2.75) is 17.9 Å². The fourth-order valence-corrected chi connectivity index (χ4v) is 2.36. The van der Waals surface area contributed by atoms with Crippen LogP contribution < -0.4 is 11.0 Å². The Balaban J connectivity index is 2.74. The highest BCUT2D eigenvalue weighted by molar-refractivity contribution is 7.90. The van der Waals surface area contributed by atoms with Crippen LogP contribution in [0.1, 0.15) is 6.42 Å². The van der Waals surface area contributed by atoms with Crippen molar-refractivity contribution >= 4 is 15.7 Å². The zero-order valence-electron chi connectivity index (χ0n) is 8.23. The molecule has 0 aliphatic carbocycles. The van der Waals surface area contributed by atoms with Gasteiger partial charge in [-0.15, -0.1) is 0 Å². The Hall–Kier alpha value is -1.37. The summed E-state index contributed by atoms with van der Waals surface area (Å²) < 4.78 is 24.2. The zero-order valence-corrected chi connectivity index (χ0v) is 9.04. The van der Waals surface area contributed by atoms with E-state index in [-0.39, 0.29) is 4.90 Å². The molecule has 0 unspecified atom stereocenters. The number of nitrogens with zero attached hydrogens (tertiary/aromatic N) is 2. The third kappa shape index (κ3) is 1.74. The lowest BCUT2D eigenvalue weighted by molar-refractivity contribution is 0.573. The minimum absolute atomic E-state index is 0.0850. The smallest absolute Gasteiger partial charge is 0.349 e. The summed E-state index contributed by atoms with van der Waals surface area (Å²) in [7, 11) is -3.35. The van der Waals surface area contributed by atoms with Crippen LogP contribution in [0, 0.1) is 0 Å². The lowest BCUT2D eigenvalue weighted by atomic mass is 10.3. The third-order valence-electron chi connectivity index (χ3n) is 2.28. The molecular formula is C8H11N3O3S. The minimum Gasteiger partial charge on any atom is -0.370 e. The maximum Gasteiger partial charge on any atom is 0.349 e. The number of hydrogen-bond donors (Lipinski definition) is 1. The van der Waals surface area contributed by atoms with Gasteiger partial charge >= 0.3 is 5.69 Å². The predicted molar refractivity (Wildman–Crippen MR) is 54.7 cm³/mol. The first-order chi connectivity index (χ1) is 7.00. The molecule has 1 aromatic heterocycles. The van der Waals surface area contributed by atoms with Gasteiger partial charge in [0.1, 0.15) is 10.7 Å². The van der Waals surface area contributed by atoms with Crippen LogP contribution in [0.5, 0.6) is 0 Å². The number of fused-ring (bicyclic) bond motifs is 1. The van der Waals surface area contributed by atoms with Crippen molar-refractivity contribution in [3.63, 3.8) is 0 Å². The normalized spacial score (nSPS) is 15.5. The largest absolute Gasteiger partial charge is 0.370 e. The standard InChI is InChI=1S/C8H11N3O3S/c1-15(13,14)6-5-10-8(12)11-4-2-3-9-7(6)11/h5,9H,2-4H2,1H3. The Morgan fingerprint density at radius 3 is 2.93 bits per heavy atom. The Morgan fingerprint density at radius 2 is 2.27 bits per heavy atom. The molecule has 1 aromatic rings. The molecule has 1 N–H and O–H groups in total. The molecule has 0 atom stereocenters. The second-order valence-corrected chi connectivity index (χ2v) is 5.44. The summed E-state index contributed by atoms with van der Waals surface area (Å²) in [6, 6.07) is 0. The molecule has 0 fully saturated rings. The van der Waals surface area contributed by atoms with Crippen LogP contribution in [-0.2, 0) is 16.4 Å². The van der Waals surface area contributed by atoms with Gasteiger partial charge in [0, 0.05) is 19.3 Å². The summed E-state index contributed by atoms with van der Waals surface area (Å²) in [5.74, 6) is 0.365. The predicted octanol–water partition coefficient (Wildman–Crippen LogP) is -0.538. The first kappa shape index (κ1) is 10.2. The molecule has 82 valence electrons. The molecule has 6 nitrogen and oxygen atoms in total. The fourth-order valence-electron chi connectivity index (χ4n) is 1.58. The SMILES string of the molecule is CS(=O)(=O)c1cnc(=O)n2c1NCCC2. The number of hydrogen-bond acceptors (Lipinski definition) is 5. The summed E-state index contributed by atoms with van der Waals surface area (Å²) in [5, 5.41) is 2.92. The number of rotatable bonds is 1. The lowest BCUT2D eigenvalue weighted by Crippen LogP contribution is -2.32. The molecular weight excluding hydrogens is 218 g/mol. The van der Waals surface area contributed by atoms with E-state index in [1.165, 1.54) is 4.57 Å². The monoisotopic (exact) mass is 229 g/mol. The van der Waals surface area contributed by atoms with Gasteiger partial charge in [0.05, 0.1) is 6.20 Å². The summed E-state index contributed by atoms with van der Waals surface area (Å²) in [5.41, 5.74) is -0.412. The van der Waals surface area contributed by atoms with Crippen LogP contribution in [0.3, 0.4) is 0 Å². The molecule has 2 rings (SSSR count). The van der Waals surface area contributed by atoms with Gasteiger partial charge in [-0.25, -0.2) is 18.2 Å². The van der Waals surface area contributed by atoms with E-state index in [0.717, 1.165) is 18.9 Å². The van der Waals surface area contributed by atoms with Crippen molar-refractivity contribution in [2.75, 3.05) is 18.1 Å². The molecule has 1 aliphatic rings. The third-order valence-corrected chi connectivity index (χ3v) is 3.37. The van der Waals surface area contributed by atoms with E-state index in [1.807, 2.05) is 0 Å². The maximum atomic E-state index is 11.4. The topological polar surface area (TPSA) is 81.1 Å². The van der Waals surface area contributed by atoms with Crippen LogP contribution in [0.4, 0.5) is 5.82 Å². The number of aromatic nitrogens is 2. The summed E-state index contributed by atoms with van der Waals surface area (Å²) in [4.78, 5) is 15.0. The first-order valence-electron chi connectivity index (χ1n) is 4.54. The van der Waals surface area contributed by atoms with Gasteiger partial charge < -0.3 is 5.32 Å². The molecule has 0 saturated heterocycles. The molecule has 0 radical (unpaired) electrons. The average Bonchev–Trinajstić information content (AvgIpc) is 2.17. The van der Waals surface area contributed by atoms with E-state index in [9.17, 15) is 13.2 Å². The van der Waals surface area contributed by atoms with Crippen molar-refractivity contribution in [3.8, 4) is 0 Å². The molecule has 0 bridgehead atoms. The zero-order chi connectivity index (χ0) is 11.1. The highest BCUT2D eigenvalue weighted by Gasteiger charge is 2.20. The van der Waals surface area contributed by atoms with E-state index in [2.05, 4.69) is 10.3 Å². The van der Waals surface area contributed by atoms with Crippen molar-refractivity contribution in [2.24, 2.45) is 0 Å². The fraction of sp³-hybridized carbons (Fsp3) is 0.500. The van der Waals surface area contributed by atoms with Gasteiger partial charge in [0.15, 0.2) is 9.84 Å². The minimum atomic E-state index is -3.35. The van der Waals surface area contributed by atoms with E-state index in [1.54, 1.807) is 0 Å². The summed E-state index contributed by atoms with van der Waals surface area (Å²) in [6.45, 7) is 1.18. The van der Waals surface area contributed by atoms with Crippen molar-refractivity contribution in [1.82, 2.24) is 9.55 Å². The van der Waals surface area contributed by atoms with E-state index < -0.39 is 15.5 Å². The first-order valence-corrected chi connectivity index (χ1v) is 6.43. The highest BCUT2D eigenvalue weighted by atomic mass is 32.2. The molecule has 0 saturated carbocycles. The van der Waals surface area contributed by atoms with Gasteiger partial charge in [-0.3, -0.25) is 4.57 Å². The quantitative estimate of drug-likeness (QED) is 0.699.